The third-order valence-electron chi connectivity index (χ3n) is 6.32. The van der Waals surface area contributed by atoms with Crippen LogP contribution < -0.4 is 14.9 Å². The Kier molecular flexibility index (Phi) is 7.42. The van der Waals surface area contributed by atoms with Gasteiger partial charge in [-0.15, -0.1) is 0 Å². The molecule has 1 aliphatic rings. The van der Waals surface area contributed by atoms with Crippen LogP contribution in [0.25, 0.3) is 17.4 Å². The molecule has 0 saturated carbocycles. The van der Waals surface area contributed by atoms with E-state index in [4.69, 9.17) is 13.9 Å². The van der Waals surface area contributed by atoms with E-state index in [2.05, 4.69) is 4.99 Å². The van der Waals surface area contributed by atoms with Crippen molar-refractivity contribution in [2.75, 3.05) is 13.7 Å². The summed E-state index contributed by atoms with van der Waals surface area (Å²) in [6.07, 6.45) is 2.17. The number of methoxy groups -OCH3 is 1. The molecular weight excluding hydrogens is 516 g/mol. The van der Waals surface area contributed by atoms with E-state index in [1.807, 2.05) is 43.3 Å². The minimum atomic E-state index is -0.662. The molecule has 198 valence electrons. The molecule has 1 aliphatic heterocycles. The van der Waals surface area contributed by atoms with E-state index in [0.717, 1.165) is 5.56 Å². The van der Waals surface area contributed by atoms with Gasteiger partial charge in [-0.25, -0.2) is 14.6 Å². The van der Waals surface area contributed by atoms with E-state index in [-0.39, 0.29) is 12.2 Å². The van der Waals surface area contributed by atoms with Crippen molar-refractivity contribution < 1.29 is 23.5 Å². The molecule has 0 fully saturated rings. The lowest BCUT2D eigenvalue weighted by molar-refractivity contribution is -0.136. The van der Waals surface area contributed by atoms with Gasteiger partial charge in [0, 0.05) is 11.6 Å². The number of carbonyl (C=O) groups excluding carboxylic acids is 2. The summed E-state index contributed by atoms with van der Waals surface area (Å²) in [5.41, 5.74) is 2.58. The molecule has 0 unspecified atom stereocenters. The fraction of sp³-hybridized carbons (Fsp3) is 0.200. The second kappa shape index (κ2) is 11.1. The van der Waals surface area contributed by atoms with Gasteiger partial charge in [0.1, 0.15) is 11.5 Å². The summed E-state index contributed by atoms with van der Waals surface area (Å²) in [5, 5.41) is 0. The number of rotatable bonds is 7. The lowest BCUT2D eigenvalue weighted by Gasteiger charge is -2.25. The predicted molar refractivity (Wildman–Crippen MR) is 147 cm³/mol. The van der Waals surface area contributed by atoms with Crippen molar-refractivity contribution in [3.63, 3.8) is 0 Å². The molecule has 39 heavy (non-hydrogen) atoms. The highest BCUT2D eigenvalue weighted by atomic mass is 32.1. The van der Waals surface area contributed by atoms with Gasteiger partial charge >= 0.3 is 11.9 Å². The lowest BCUT2D eigenvalue weighted by Crippen LogP contribution is -2.40. The molecule has 0 saturated heterocycles. The number of allylic oxidation sites excluding steroid dienone is 1. The van der Waals surface area contributed by atoms with Crippen LogP contribution in [0.4, 0.5) is 0 Å². The van der Waals surface area contributed by atoms with Crippen LogP contribution in [-0.4, -0.2) is 30.2 Å². The molecule has 9 heteroatoms. The smallest absolute Gasteiger partial charge is 0.338 e. The first-order chi connectivity index (χ1) is 18.9. The third kappa shape index (κ3) is 5.00. The average molecular weight is 543 g/mol. The number of hydrogen-bond donors (Lipinski definition) is 0. The first-order valence-corrected chi connectivity index (χ1v) is 13.3. The van der Waals surface area contributed by atoms with Crippen LogP contribution in [0.15, 0.2) is 92.2 Å². The van der Waals surface area contributed by atoms with Gasteiger partial charge in [0.15, 0.2) is 4.80 Å². The van der Waals surface area contributed by atoms with Crippen LogP contribution in [0.1, 0.15) is 48.0 Å². The second-order valence-electron chi connectivity index (χ2n) is 8.70. The highest BCUT2D eigenvalue weighted by molar-refractivity contribution is 7.07. The molecule has 1 atom stereocenters. The molecule has 5 rings (SSSR count). The van der Waals surface area contributed by atoms with Gasteiger partial charge in [-0.2, -0.15) is 0 Å². The van der Waals surface area contributed by atoms with Crippen molar-refractivity contribution in [2.45, 2.75) is 26.3 Å². The summed E-state index contributed by atoms with van der Waals surface area (Å²) >= 11 is 1.23. The molecule has 2 aromatic carbocycles. The van der Waals surface area contributed by atoms with Crippen LogP contribution in [0.5, 0.6) is 0 Å². The topological polar surface area (TPSA) is 100 Å². The summed E-state index contributed by atoms with van der Waals surface area (Å²) < 4.78 is 18.2. The molecule has 2 aromatic heterocycles. The Morgan fingerprint density at radius 2 is 1.85 bits per heavy atom. The van der Waals surface area contributed by atoms with E-state index in [1.54, 1.807) is 47.9 Å². The van der Waals surface area contributed by atoms with E-state index in [1.165, 1.54) is 18.4 Å². The fourth-order valence-corrected chi connectivity index (χ4v) is 5.54. The molecule has 8 nitrogen and oxygen atoms in total. The van der Waals surface area contributed by atoms with Crippen molar-refractivity contribution in [3.05, 3.63) is 115 Å². The quantitative estimate of drug-likeness (QED) is 0.324. The highest BCUT2D eigenvalue weighted by Gasteiger charge is 2.33. The number of furan rings is 1. The maximum Gasteiger partial charge on any atom is 0.338 e. The van der Waals surface area contributed by atoms with Crippen LogP contribution in [0, 0.1) is 0 Å². The lowest BCUT2D eigenvalue weighted by atomic mass is 9.95. The molecule has 0 spiro atoms. The largest absolute Gasteiger partial charge is 0.466 e. The maximum atomic E-state index is 13.7. The maximum absolute atomic E-state index is 13.7. The molecule has 0 N–H and O–H groups in total. The zero-order valence-electron chi connectivity index (χ0n) is 21.7. The summed E-state index contributed by atoms with van der Waals surface area (Å²) in [5.74, 6) is 0.0944. The van der Waals surface area contributed by atoms with E-state index < -0.39 is 18.0 Å². The van der Waals surface area contributed by atoms with Crippen LogP contribution >= 0.6 is 11.3 Å². The van der Waals surface area contributed by atoms with E-state index in [9.17, 15) is 14.4 Å². The monoisotopic (exact) mass is 542 g/mol. The second-order valence-corrected chi connectivity index (χ2v) is 9.71. The van der Waals surface area contributed by atoms with Crippen LogP contribution in [-0.2, 0) is 14.3 Å². The van der Waals surface area contributed by atoms with Gasteiger partial charge in [-0.05, 0) is 43.2 Å². The van der Waals surface area contributed by atoms with Crippen molar-refractivity contribution in [1.82, 2.24) is 4.57 Å². The Hall–Kier alpha value is -4.50. The summed E-state index contributed by atoms with van der Waals surface area (Å²) in [6, 6.07) is 19.2. The normalized spacial score (nSPS) is 15.1. The first-order valence-electron chi connectivity index (χ1n) is 12.5. The van der Waals surface area contributed by atoms with Crippen molar-refractivity contribution in [2.24, 2.45) is 4.99 Å². The Bertz CT molecular complexity index is 1760. The van der Waals surface area contributed by atoms with Crippen molar-refractivity contribution in [3.8, 4) is 11.3 Å². The molecule has 0 aliphatic carbocycles. The minimum Gasteiger partial charge on any atom is -0.466 e. The third-order valence-corrected chi connectivity index (χ3v) is 7.31. The molecule has 4 aromatic rings. The number of nitrogens with zero attached hydrogens (tertiary/aromatic N) is 2. The Labute approximate surface area is 228 Å². The molecular formula is C30H26N2O6S. The summed E-state index contributed by atoms with van der Waals surface area (Å²) in [7, 11) is 1.33. The summed E-state index contributed by atoms with van der Waals surface area (Å²) in [4.78, 5) is 43.9. The van der Waals surface area contributed by atoms with Gasteiger partial charge in [0.05, 0.1) is 41.1 Å². The number of benzene rings is 2. The average Bonchev–Trinajstić information content (AvgIpc) is 3.56. The molecule has 0 radical (unpaired) electrons. The van der Waals surface area contributed by atoms with E-state index in [0.29, 0.717) is 49.7 Å². The first kappa shape index (κ1) is 26.1. The Morgan fingerprint density at radius 3 is 2.56 bits per heavy atom. The predicted octanol–water partition coefficient (Wildman–Crippen LogP) is 4.24. The molecule has 0 bridgehead atoms. The van der Waals surface area contributed by atoms with Gasteiger partial charge in [0.25, 0.3) is 5.56 Å². The number of aromatic nitrogens is 1. The number of thiazole rings is 1. The SMILES string of the molecule is CCOC(=O)c1cccc(-c2ccc(/C=c3/sc4n(c3=O)[C@H](c3ccccc3)C(C(=O)OC)=C(CC)N=4)o2)c1. The van der Waals surface area contributed by atoms with Gasteiger partial charge < -0.3 is 13.9 Å². The van der Waals surface area contributed by atoms with Gasteiger partial charge in [0.2, 0.25) is 0 Å². The van der Waals surface area contributed by atoms with Crippen LogP contribution in [0.3, 0.4) is 0 Å². The van der Waals surface area contributed by atoms with Crippen molar-refractivity contribution in [1.29, 1.82) is 0 Å². The van der Waals surface area contributed by atoms with Gasteiger partial charge in [-0.1, -0.05) is 60.7 Å². The van der Waals surface area contributed by atoms with Gasteiger partial charge in [-0.3, -0.25) is 9.36 Å². The zero-order valence-corrected chi connectivity index (χ0v) is 22.5. The molecule has 3 heterocycles. The molecule has 0 amide bonds. The zero-order chi connectivity index (χ0) is 27.5. The van der Waals surface area contributed by atoms with Crippen molar-refractivity contribution >= 4 is 29.4 Å². The Morgan fingerprint density at radius 1 is 1.05 bits per heavy atom. The number of fused-ring (bicyclic) bond motifs is 1. The minimum absolute atomic E-state index is 0.286. The summed E-state index contributed by atoms with van der Waals surface area (Å²) in [6.45, 7) is 3.96. The number of hydrogen-bond acceptors (Lipinski definition) is 8. The highest BCUT2D eigenvalue weighted by Crippen LogP contribution is 2.31. The Balaban J connectivity index is 1.59. The number of carbonyl (C=O) groups is 2. The number of ether oxygens (including phenoxy) is 2. The van der Waals surface area contributed by atoms with E-state index >= 15 is 0 Å². The standard InChI is InChI=1S/C30H26N2O6S/c1-4-22-25(29(35)36-3)26(18-10-7-6-8-11-18)32-27(33)24(39-30(32)31-22)17-21-14-15-23(38-21)19-12-9-13-20(16-19)28(34)37-5-2/h6-17,26H,4-5H2,1-3H3/b24-17+/t26-/m1/s1. The van der Waals surface area contributed by atoms with Crippen LogP contribution in [0.2, 0.25) is 0 Å². The number of esters is 2. The fourth-order valence-electron chi connectivity index (χ4n) is 4.54.